The Labute approximate surface area is 75.5 Å². The molecular weight excluding hydrogens is 148 g/mol. The van der Waals surface area contributed by atoms with Gasteiger partial charge < -0.3 is 0 Å². The number of carbonyl (C=O) groups excluding carboxylic acids is 1. The van der Waals surface area contributed by atoms with E-state index in [4.69, 9.17) is 0 Å². The summed E-state index contributed by atoms with van der Waals surface area (Å²) in [5, 5.41) is 0. The summed E-state index contributed by atoms with van der Waals surface area (Å²) in [6, 6.07) is 0. The van der Waals surface area contributed by atoms with Gasteiger partial charge in [0.25, 0.3) is 0 Å². The minimum Gasteiger partial charge on any atom is -0.299 e. The summed E-state index contributed by atoms with van der Waals surface area (Å²) < 4.78 is 0. The van der Waals surface area contributed by atoms with Crippen LogP contribution in [0.3, 0.4) is 0 Å². The van der Waals surface area contributed by atoms with Gasteiger partial charge in [0.2, 0.25) is 0 Å². The lowest BCUT2D eigenvalue weighted by molar-refractivity contribution is -0.120. The SMILES string of the molecule is C1CCCC1.CC1CCCC1=O. The lowest BCUT2D eigenvalue weighted by Gasteiger charge is -1.91. The summed E-state index contributed by atoms with van der Waals surface area (Å²) in [7, 11) is 0. The molecule has 1 atom stereocenters. The van der Waals surface area contributed by atoms with Crippen molar-refractivity contribution in [3.8, 4) is 0 Å². The van der Waals surface area contributed by atoms with Gasteiger partial charge in [0.15, 0.2) is 0 Å². The molecular formula is C11H20O. The van der Waals surface area contributed by atoms with Crippen LogP contribution < -0.4 is 0 Å². The van der Waals surface area contributed by atoms with E-state index in [0.717, 1.165) is 19.3 Å². The maximum absolute atomic E-state index is 10.6. The molecule has 0 saturated heterocycles. The van der Waals surface area contributed by atoms with Gasteiger partial charge in [-0.05, 0) is 12.8 Å². The zero-order valence-electron chi connectivity index (χ0n) is 8.14. The van der Waals surface area contributed by atoms with Crippen LogP contribution in [0, 0.1) is 5.92 Å². The van der Waals surface area contributed by atoms with Gasteiger partial charge in [0.1, 0.15) is 5.78 Å². The highest BCUT2D eigenvalue weighted by Crippen LogP contribution is 2.19. The van der Waals surface area contributed by atoms with Crippen LogP contribution in [0.2, 0.25) is 0 Å². The maximum atomic E-state index is 10.6. The molecule has 2 aliphatic rings. The first-order valence-corrected chi connectivity index (χ1v) is 5.33. The van der Waals surface area contributed by atoms with E-state index in [1.165, 1.54) is 32.1 Å². The van der Waals surface area contributed by atoms with E-state index in [1.54, 1.807) is 0 Å². The van der Waals surface area contributed by atoms with Gasteiger partial charge in [-0.15, -0.1) is 0 Å². The summed E-state index contributed by atoms with van der Waals surface area (Å²) in [5.41, 5.74) is 0. The fourth-order valence-electron chi connectivity index (χ4n) is 1.87. The summed E-state index contributed by atoms with van der Waals surface area (Å²) in [6.45, 7) is 2.01. The number of ketones is 1. The number of hydrogen-bond donors (Lipinski definition) is 0. The van der Waals surface area contributed by atoms with Crippen LogP contribution >= 0.6 is 0 Å². The summed E-state index contributed by atoms with van der Waals surface area (Å²) in [6.07, 6.45) is 10.6. The van der Waals surface area contributed by atoms with Crippen LogP contribution in [0.5, 0.6) is 0 Å². The molecule has 1 nitrogen and oxygen atoms in total. The van der Waals surface area contributed by atoms with Gasteiger partial charge in [-0.3, -0.25) is 4.79 Å². The Morgan fingerprint density at radius 2 is 1.50 bits per heavy atom. The molecule has 0 amide bonds. The van der Waals surface area contributed by atoms with Gasteiger partial charge >= 0.3 is 0 Å². The molecule has 0 radical (unpaired) electrons. The average molecular weight is 168 g/mol. The van der Waals surface area contributed by atoms with E-state index in [0.29, 0.717) is 11.7 Å². The van der Waals surface area contributed by atoms with E-state index in [1.807, 2.05) is 6.92 Å². The van der Waals surface area contributed by atoms with Gasteiger partial charge in [0.05, 0.1) is 0 Å². The van der Waals surface area contributed by atoms with Crippen LogP contribution in [0.1, 0.15) is 58.3 Å². The molecule has 0 aromatic rings. The molecule has 70 valence electrons. The number of Topliss-reactive ketones (excluding diaryl/α,β-unsaturated/α-hetero) is 1. The van der Waals surface area contributed by atoms with Crippen LogP contribution in [-0.2, 0) is 4.79 Å². The van der Waals surface area contributed by atoms with Crippen molar-refractivity contribution in [2.24, 2.45) is 5.92 Å². The van der Waals surface area contributed by atoms with Crippen molar-refractivity contribution in [2.45, 2.75) is 58.3 Å². The molecule has 0 spiro atoms. The maximum Gasteiger partial charge on any atom is 0.135 e. The van der Waals surface area contributed by atoms with E-state index in [-0.39, 0.29) is 0 Å². The monoisotopic (exact) mass is 168 g/mol. The number of hydrogen-bond acceptors (Lipinski definition) is 1. The lowest BCUT2D eigenvalue weighted by Crippen LogP contribution is -1.98. The quantitative estimate of drug-likeness (QED) is 0.542. The Bertz CT molecular complexity index is 128. The normalized spacial score (nSPS) is 28.4. The zero-order valence-corrected chi connectivity index (χ0v) is 8.14. The third-order valence-electron chi connectivity index (χ3n) is 2.86. The Morgan fingerprint density at radius 1 is 1.00 bits per heavy atom. The number of rotatable bonds is 0. The first kappa shape index (κ1) is 9.76. The zero-order chi connectivity index (χ0) is 8.81. The summed E-state index contributed by atoms with van der Waals surface area (Å²) >= 11 is 0. The molecule has 2 fully saturated rings. The van der Waals surface area contributed by atoms with Crippen molar-refractivity contribution in [2.75, 3.05) is 0 Å². The standard InChI is InChI=1S/C6H10O.C5H10/c1-5-3-2-4-6(5)7;1-2-4-5-3-1/h5H,2-4H2,1H3;1-5H2. The fraction of sp³-hybridized carbons (Fsp3) is 0.909. The minimum atomic E-state index is 0.375. The highest BCUT2D eigenvalue weighted by Gasteiger charge is 2.18. The van der Waals surface area contributed by atoms with Gasteiger partial charge in [-0.1, -0.05) is 39.0 Å². The molecule has 0 heterocycles. The van der Waals surface area contributed by atoms with Crippen molar-refractivity contribution in [3.05, 3.63) is 0 Å². The van der Waals surface area contributed by atoms with Crippen molar-refractivity contribution in [1.29, 1.82) is 0 Å². The molecule has 0 aromatic carbocycles. The third-order valence-corrected chi connectivity index (χ3v) is 2.86. The van der Waals surface area contributed by atoms with Crippen molar-refractivity contribution < 1.29 is 4.79 Å². The van der Waals surface area contributed by atoms with Crippen LogP contribution in [0.15, 0.2) is 0 Å². The second-order valence-corrected chi connectivity index (χ2v) is 4.03. The Balaban J connectivity index is 0.000000127. The summed E-state index contributed by atoms with van der Waals surface area (Å²) in [4.78, 5) is 10.6. The van der Waals surface area contributed by atoms with E-state index in [9.17, 15) is 4.79 Å². The van der Waals surface area contributed by atoms with E-state index in [2.05, 4.69) is 0 Å². The topological polar surface area (TPSA) is 17.1 Å². The Morgan fingerprint density at radius 3 is 1.67 bits per heavy atom. The first-order valence-electron chi connectivity index (χ1n) is 5.33. The van der Waals surface area contributed by atoms with Crippen molar-refractivity contribution in [3.63, 3.8) is 0 Å². The molecule has 0 bridgehead atoms. The molecule has 2 aliphatic carbocycles. The molecule has 1 heteroatoms. The minimum absolute atomic E-state index is 0.375. The lowest BCUT2D eigenvalue weighted by atomic mass is 10.1. The molecule has 2 rings (SSSR count). The molecule has 1 unspecified atom stereocenters. The third kappa shape index (κ3) is 3.38. The fourth-order valence-corrected chi connectivity index (χ4v) is 1.87. The first-order chi connectivity index (χ1) is 5.80. The Hall–Kier alpha value is -0.330. The summed E-state index contributed by atoms with van der Waals surface area (Å²) in [5.74, 6) is 0.833. The Kier molecular flexibility index (Phi) is 4.34. The van der Waals surface area contributed by atoms with E-state index >= 15 is 0 Å². The molecule has 0 aromatic heterocycles. The van der Waals surface area contributed by atoms with Gasteiger partial charge in [-0.25, -0.2) is 0 Å². The van der Waals surface area contributed by atoms with Gasteiger partial charge in [0, 0.05) is 12.3 Å². The van der Waals surface area contributed by atoms with Crippen LogP contribution in [-0.4, -0.2) is 5.78 Å². The molecule has 0 N–H and O–H groups in total. The predicted molar refractivity (Wildman–Crippen MR) is 51.1 cm³/mol. The van der Waals surface area contributed by atoms with Crippen LogP contribution in [0.25, 0.3) is 0 Å². The van der Waals surface area contributed by atoms with Crippen molar-refractivity contribution in [1.82, 2.24) is 0 Å². The molecule has 2 saturated carbocycles. The second kappa shape index (κ2) is 5.34. The number of carbonyl (C=O) groups is 1. The highest BCUT2D eigenvalue weighted by atomic mass is 16.1. The highest BCUT2D eigenvalue weighted by molar-refractivity contribution is 5.82. The average Bonchev–Trinajstić information content (AvgIpc) is 2.67. The molecule has 12 heavy (non-hydrogen) atoms. The largest absolute Gasteiger partial charge is 0.299 e. The predicted octanol–water partition coefficient (Wildman–Crippen LogP) is 3.33. The van der Waals surface area contributed by atoms with E-state index < -0.39 is 0 Å². The smallest absolute Gasteiger partial charge is 0.135 e. The van der Waals surface area contributed by atoms with Crippen molar-refractivity contribution >= 4 is 5.78 Å². The van der Waals surface area contributed by atoms with Crippen LogP contribution in [0.4, 0.5) is 0 Å². The second-order valence-electron chi connectivity index (χ2n) is 4.03. The van der Waals surface area contributed by atoms with Gasteiger partial charge in [-0.2, -0.15) is 0 Å². The molecule has 0 aliphatic heterocycles.